The first-order chi connectivity index (χ1) is 8.72. The smallest absolute Gasteiger partial charge is 0.154 e. The minimum atomic E-state index is 0.642. The lowest BCUT2D eigenvalue weighted by Gasteiger charge is -2.14. The van der Waals surface area contributed by atoms with Crippen LogP contribution in [0.1, 0.15) is 35.5 Å². The number of nitriles is 1. The van der Waals surface area contributed by atoms with Gasteiger partial charge in [0.1, 0.15) is 18.0 Å². The minimum Gasteiger partial charge on any atom is -0.286 e. The average Bonchev–Trinajstić information content (AvgIpc) is 2.89. The summed E-state index contributed by atoms with van der Waals surface area (Å²) in [6.07, 6.45) is 6.30. The molecule has 3 rings (SSSR count). The van der Waals surface area contributed by atoms with Crippen molar-refractivity contribution >= 4 is 0 Å². The van der Waals surface area contributed by atoms with Crippen molar-refractivity contribution in [3.63, 3.8) is 0 Å². The molecular weight excluding hydrogens is 226 g/mol. The van der Waals surface area contributed by atoms with Crippen LogP contribution in [0, 0.1) is 18.3 Å². The van der Waals surface area contributed by atoms with Gasteiger partial charge >= 0.3 is 0 Å². The van der Waals surface area contributed by atoms with Crippen LogP contribution in [0.3, 0.4) is 0 Å². The second-order valence-electron chi connectivity index (χ2n) is 4.73. The summed E-state index contributed by atoms with van der Waals surface area (Å²) < 4.78 is 3.80. The predicted molar refractivity (Wildman–Crippen MR) is 66.4 cm³/mol. The molecule has 0 unspecified atom stereocenters. The summed E-state index contributed by atoms with van der Waals surface area (Å²) in [5.41, 5.74) is 3.82. The van der Waals surface area contributed by atoms with Gasteiger partial charge in [-0.05, 0) is 32.6 Å². The lowest BCUT2D eigenvalue weighted by molar-refractivity contribution is 0.642. The second kappa shape index (κ2) is 3.98. The van der Waals surface area contributed by atoms with E-state index in [0.717, 1.165) is 24.4 Å². The van der Waals surface area contributed by atoms with Gasteiger partial charge in [-0.3, -0.25) is 9.25 Å². The molecule has 0 saturated heterocycles. The Bertz CT molecular complexity index is 641. The van der Waals surface area contributed by atoms with Crippen molar-refractivity contribution in [2.45, 2.75) is 32.6 Å². The maximum absolute atomic E-state index is 9.28. The molecule has 0 N–H and O–H groups in total. The Hall–Kier alpha value is -2.09. The number of imidazole rings is 1. The molecule has 0 saturated carbocycles. The van der Waals surface area contributed by atoms with Crippen molar-refractivity contribution in [2.24, 2.45) is 7.05 Å². The van der Waals surface area contributed by atoms with Gasteiger partial charge in [-0.15, -0.1) is 0 Å². The standard InChI is InChI=1S/C13H15N5/c1-9-10(7-14)13(17(2)16-9)18-8-15-11-5-3-4-6-12(11)18/h8H,3-6H2,1-2H3. The second-order valence-corrected chi connectivity index (χ2v) is 4.73. The third-order valence-electron chi connectivity index (χ3n) is 3.56. The van der Waals surface area contributed by atoms with Crippen LogP contribution in [-0.4, -0.2) is 19.3 Å². The van der Waals surface area contributed by atoms with Gasteiger partial charge in [-0.2, -0.15) is 10.4 Å². The number of rotatable bonds is 1. The highest BCUT2D eigenvalue weighted by atomic mass is 15.3. The summed E-state index contributed by atoms with van der Waals surface area (Å²) in [7, 11) is 1.87. The van der Waals surface area contributed by atoms with Crippen molar-refractivity contribution in [3.8, 4) is 11.9 Å². The van der Waals surface area contributed by atoms with Crippen LogP contribution < -0.4 is 0 Å². The average molecular weight is 241 g/mol. The van der Waals surface area contributed by atoms with E-state index in [-0.39, 0.29) is 0 Å². The summed E-state index contributed by atoms with van der Waals surface area (Å²) in [5, 5.41) is 13.6. The lowest BCUT2D eigenvalue weighted by Crippen LogP contribution is -2.10. The zero-order chi connectivity index (χ0) is 12.7. The van der Waals surface area contributed by atoms with Gasteiger partial charge in [0.05, 0.1) is 11.4 Å². The van der Waals surface area contributed by atoms with Crippen LogP contribution in [-0.2, 0) is 19.9 Å². The summed E-state index contributed by atoms with van der Waals surface area (Å²) in [6, 6.07) is 2.25. The zero-order valence-electron chi connectivity index (χ0n) is 10.6. The summed E-state index contributed by atoms with van der Waals surface area (Å²) in [6.45, 7) is 1.87. The molecule has 0 fully saturated rings. The zero-order valence-corrected chi connectivity index (χ0v) is 10.6. The van der Waals surface area contributed by atoms with E-state index >= 15 is 0 Å². The quantitative estimate of drug-likeness (QED) is 0.763. The van der Waals surface area contributed by atoms with E-state index in [1.165, 1.54) is 24.2 Å². The fourth-order valence-electron chi connectivity index (χ4n) is 2.70. The first-order valence-electron chi connectivity index (χ1n) is 6.21. The minimum absolute atomic E-state index is 0.642. The Morgan fingerprint density at radius 3 is 2.89 bits per heavy atom. The molecule has 0 radical (unpaired) electrons. The summed E-state index contributed by atoms with van der Waals surface area (Å²) in [5.74, 6) is 0.839. The Kier molecular flexibility index (Phi) is 2.44. The molecule has 1 aliphatic carbocycles. The van der Waals surface area contributed by atoms with Crippen molar-refractivity contribution in [1.82, 2.24) is 19.3 Å². The van der Waals surface area contributed by atoms with Crippen LogP contribution in [0.4, 0.5) is 0 Å². The van der Waals surface area contributed by atoms with Gasteiger partial charge in [0, 0.05) is 12.7 Å². The Balaban J connectivity index is 2.22. The molecule has 18 heavy (non-hydrogen) atoms. The molecule has 0 aliphatic heterocycles. The topological polar surface area (TPSA) is 59.4 Å². The van der Waals surface area contributed by atoms with Crippen LogP contribution in [0.2, 0.25) is 0 Å². The van der Waals surface area contributed by atoms with E-state index in [1.807, 2.05) is 24.9 Å². The highest BCUT2D eigenvalue weighted by molar-refractivity contribution is 5.48. The van der Waals surface area contributed by atoms with Crippen LogP contribution in [0.5, 0.6) is 0 Å². The van der Waals surface area contributed by atoms with E-state index in [4.69, 9.17) is 0 Å². The van der Waals surface area contributed by atoms with Crippen LogP contribution in [0.25, 0.3) is 5.82 Å². The molecule has 0 bridgehead atoms. The van der Waals surface area contributed by atoms with E-state index in [1.54, 1.807) is 4.68 Å². The third-order valence-corrected chi connectivity index (χ3v) is 3.56. The maximum Gasteiger partial charge on any atom is 0.154 e. The van der Waals surface area contributed by atoms with E-state index < -0.39 is 0 Å². The highest BCUT2D eigenvalue weighted by Gasteiger charge is 2.21. The number of aromatic nitrogens is 4. The van der Waals surface area contributed by atoms with Crippen molar-refractivity contribution in [2.75, 3.05) is 0 Å². The summed E-state index contributed by atoms with van der Waals surface area (Å²) in [4.78, 5) is 4.47. The number of fused-ring (bicyclic) bond motifs is 1. The van der Waals surface area contributed by atoms with Crippen molar-refractivity contribution < 1.29 is 0 Å². The number of hydrogen-bond acceptors (Lipinski definition) is 3. The van der Waals surface area contributed by atoms with E-state index in [2.05, 4.69) is 16.2 Å². The lowest BCUT2D eigenvalue weighted by atomic mass is 10.0. The summed E-state index contributed by atoms with van der Waals surface area (Å²) >= 11 is 0. The van der Waals surface area contributed by atoms with Crippen molar-refractivity contribution in [1.29, 1.82) is 5.26 Å². The molecule has 0 atom stereocenters. The van der Waals surface area contributed by atoms with Gasteiger partial charge < -0.3 is 0 Å². The highest BCUT2D eigenvalue weighted by Crippen LogP contribution is 2.25. The molecule has 2 aromatic rings. The molecule has 0 amide bonds. The fraction of sp³-hybridized carbons (Fsp3) is 0.462. The molecule has 1 aliphatic rings. The molecule has 5 heteroatoms. The molecular formula is C13H15N5. The number of aryl methyl sites for hydroxylation is 3. The Morgan fingerprint density at radius 1 is 1.33 bits per heavy atom. The maximum atomic E-state index is 9.28. The van der Waals surface area contributed by atoms with Crippen LogP contribution in [0.15, 0.2) is 6.33 Å². The van der Waals surface area contributed by atoms with E-state index in [9.17, 15) is 5.26 Å². The fourth-order valence-corrected chi connectivity index (χ4v) is 2.70. The largest absolute Gasteiger partial charge is 0.286 e. The van der Waals surface area contributed by atoms with Crippen molar-refractivity contribution in [3.05, 3.63) is 29.0 Å². The third kappa shape index (κ3) is 1.46. The Labute approximate surface area is 106 Å². The van der Waals surface area contributed by atoms with Gasteiger partial charge in [0.15, 0.2) is 5.82 Å². The van der Waals surface area contributed by atoms with Gasteiger partial charge in [-0.25, -0.2) is 4.98 Å². The van der Waals surface area contributed by atoms with Crippen LogP contribution >= 0.6 is 0 Å². The molecule has 5 nitrogen and oxygen atoms in total. The molecule has 0 aromatic carbocycles. The Morgan fingerprint density at radius 2 is 2.11 bits per heavy atom. The SMILES string of the molecule is Cc1nn(C)c(-n2cnc3c2CCCC3)c1C#N. The molecule has 2 heterocycles. The molecule has 0 spiro atoms. The first-order valence-corrected chi connectivity index (χ1v) is 6.21. The van der Waals surface area contributed by atoms with E-state index in [0.29, 0.717) is 5.56 Å². The monoisotopic (exact) mass is 241 g/mol. The predicted octanol–water partition coefficient (Wildman–Crippen LogP) is 1.66. The molecule has 92 valence electrons. The van der Waals surface area contributed by atoms with Gasteiger partial charge in [-0.1, -0.05) is 0 Å². The van der Waals surface area contributed by atoms with Gasteiger partial charge in [0.2, 0.25) is 0 Å². The normalized spacial score (nSPS) is 14.3. The first kappa shape index (κ1) is 11.0. The van der Waals surface area contributed by atoms with Gasteiger partial charge in [0.25, 0.3) is 0 Å². The number of nitrogens with zero attached hydrogens (tertiary/aromatic N) is 5. The number of hydrogen-bond donors (Lipinski definition) is 0. The molecule has 2 aromatic heterocycles.